The van der Waals surface area contributed by atoms with E-state index in [-0.39, 0.29) is 0 Å². The lowest BCUT2D eigenvalue weighted by atomic mass is 9.95. The van der Waals surface area contributed by atoms with Crippen LogP contribution in [0.25, 0.3) is 0 Å². The Balaban J connectivity index is 1.95. The molecule has 10 heteroatoms. The lowest BCUT2D eigenvalue weighted by molar-refractivity contribution is -1.01. The third kappa shape index (κ3) is 2.19. The van der Waals surface area contributed by atoms with Crippen LogP contribution >= 0.6 is 0 Å². The van der Waals surface area contributed by atoms with Gasteiger partial charge in [0.2, 0.25) is 0 Å². The fourth-order valence-corrected chi connectivity index (χ4v) is 5.45. The number of aliphatic imine (C=N–C) groups is 2. The Morgan fingerprint density at radius 2 is 1.33 bits per heavy atom. The van der Waals surface area contributed by atoms with Crippen LogP contribution < -0.4 is 21.3 Å². The molecule has 4 aliphatic rings. The van der Waals surface area contributed by atoms with Crippen LogP contribution in [0.15, 0.2) is 9.98 Å². The highest BCUT2D eigenvalue weighted by atomic mass is 15.7. The molecule has 27 heavy (non-hydrogen) atoms. The summed E-state index contributed by atoms with van der Waals surface area (Å²) in [5.41, 5.74) is -0.512. The summed E-state index contributed by atoms with van der Waals surface area (Å²) in [6.45, 7) is 10.5. The fraction of sp³-hybridized carbons (Fsp3) is 0.765. The van der Waals surface area contributed by atoms with E-state index >= 15 is 0 Å². The predicted molar refractivity (Wildman–Crippen MR) is 106 cm³/mol. The van der Waals surface area contributed by atoms with Gasteiger partial charge in [-0.1, -0.05) is 6.92 Å². The monoisotopic (exact) mass is 376 g/mol. The Morgan fingerprint density at radius 1 is 0.852 bits per heavy atom. The molecule has 0 aromatic carbocycles. The first kappa shape index (κ1) is 18.2. The Labute approximate surface area is 160 Å². The Morgan fingerprint density at radius 3 is 1.63 bits per heavy atom. The highest BCUT2D eigenvalue weighted by Gasteiger charge is 2.73. The molecule has 10 nitrogen and oxygen atoms in total. The van der Waals surface area contributed by atoms with Gasteiger partial charge in [0.15, 0.2) is 0 Å². The number of guanidine groups is 4. The van der Waals surface area contributed by atoms with Gasteiger partial charge < -0.3 is 21.3 Å². The maximum Gasteiger partial charge on any atom is 0.310 e. The topological polar surface area (TPSA) is 121 Å². The van der Waals surface area contributed by atoms with Crippen LogP contribution in [0.1, 0.15) is 26.7 Å². The van der Waals surface area contributed by atoms with Gasteiger partial charge in [0.25, 0.3) is 5.66 Å². The molecule has 4 rings (SSSR count). The van der Waals surface area contributed by atoms with E-state index in [0.29, 0.717) is 20.9 Å². The van der Waals surface area contributed by atoms with Crippen LogP contribution in [0.3, 0.4) is 0 Å². The fourth-order valence-electron chi connectivity index (χ4n) is 5.45. The maximum absolute atomic E-state index is 8.92. The van der Waals surface area contributed by atoms with Crippen LogP contribution in [0, 0.1) is 10.8 Å². The zero-order valence-electron chi connectivity index (χ0n) is 16.4. The van der Waals surface area contributed by atoms with E-state index in [4.69, 9.17) is 20.8 Å². The standard InChI is InChI=1S/C17H32N10/c1-3-4-17(2,26(11-9-20-13(26)18)15-22-5-6-23-15)27(12-10-21-14(27)19)16-24-7-8-25-16/h3-12H2,1-2H3,(H2,18,20)(H2,19,21)(H,22,23)(H,24,25)/q+2. The Kier molecular flexibility index (Phi) is 4.34. The van der Waals surface area contributed by atoms with Crippen molar-refractivity contribution in [1.82, 2.24) is 21.3 Å². The second-order valence-electron chi connectivity index (χ2n) is 7.85. The van der Waals surface area contributed by atoms with Gasteiger partial charge in [-0.25, -0.2) is 20.8 Å². The molecule has 0 amide bonds. The Hall–Kier alpha value is -2.20. The number of hydrogen-bond acceptors (Lipinski definition) is 6. The van der Waals surface area contributed by atoms with E-state index in [2.05, 4.69) is 35.1 Å². The molecule has 4 aliphatic heterocycles. The van der Waals surface area contributed by atoms with Crippen molar-refractivity contribution in [2.24, 2.45) is 9.98 Å². The summed E-state index contributed by atoms with van der Waals surface area (Å²) in [7, 11) is 0. The molecule has 0 bridgehead atoms. The molecule has 0 radical (unpaired) electrons. The SMILES string of the molecule is CCCC(C)([N+]1(C2=NCCN2)CCNC1=N)[N+]1(C2=NCCN2)CCNC1=N. The van der Waals surface area contributed by atoms with E-state index in [1.54, 1.807) is 0 Å². The van der Waals surface area contributed by atoms with Crippen molar-refractivity contribution in [3.05, 3.63) is 0 Å². The molecule has 2 atom stereocenters. The van der Waals surface area contributed by atoms with Crippen LogP contribution in [-0.4, -0.2) is 90.8 Å². The van der Waals surface area contributed by atoms with Gasteiger partial charge in [-0.15, -0.1) is 8.97 Å². The Bertz CT molecular complexity index is 659. The lowest BCUT2D eigenvalue weighted by Crippen LogP contribution is -2.84. The van der Waals surface area contributed by atoms with Gasteiger partial charge in [-0.05, 0) is 6.42 Å². The van der Waals surface area contributed by atoms with E-state index in [1.165, 1.54) is 0 Å². The largest absolute Gasteiger partial charge is 0.322 e. The first-order valence-corrected chi connectivity index (χ1v) is 10.0. The molecular formula is C17H32N10+2. The highest BCUT2D eigenvalue weighted by Crippen LogP contribution is 2.43. The van der Waals surface area contributed by atoms with Gasteiger partial charge >= 0.3 is 23.8 Å². The second-order valence-corrected chi connectivity index (χ2v) is 7.85. The van der Waals surface area contributed by atoms with Gasteiger partial charge in [-0.2, -0.15) is 0 Å². The molecule has 2 fully saturated rings. The summed E-state index contributed by atoms with van der Waals surface area (Å²) in [4.78, 5) is 9.56. The summed E-state index contributed by atoms with van der Waals surface area (Å²) in [6, 6.07) is 0. The molecule has 4 heterocycles. The number of nitrogens with zero attached hydrogens (tertiary/aromatic N) is 4. The zero-order valence-corrected chi connectivity index (χ0v) is 16.4. The van der Waals surface area contributed by atoms with Crippen molar-refractivity contribution in [2.45, 2.75) is 32.4 Å². The molecule has 2 saturated heterocycles. The number of hydrogen-bond donors (Lipinski definition) is 6. The van der Waals surface area contributed by atoms with Crippen molar-refractivity contribution in [3.8, 4) is 0 Å². The first-order chi connectivity index (χ1) is 13.0. The minimum absolute atomic E-state index is 0.325. The van der Waals surface area contributed by atoms with Crippen LogP contribution in [0.5, 0.6) is 0 Å². The van der Waals surface area contributed by atoms with E-state index < -0.39 is 5.66 Å². The van der Waals surface area contributed by atoms with E-state index in [1.807, 2.05) is 0 Å². The number of rotatable bonds is 4. The summed E-state index contributed by atoms with van der Waals surface area (Å²) in [5, 5.41) is 31.3. The van der Waals surface area contributed by atoms with Crippen LogP contribution in [0.2, 0.25) is 0 Å². The van der Waals surface area contributed by atoms with Gasteiger partial charge in [0.05, 0.1) is 32.6 Å². The van der Waals surface area contributed by atoms with Crippen LogP contribution in [0.4, 0.5) is 0 Å². The van der Waals surface area contributed by atoms with Crippen molar-refractivity contribution >= 4 is 23.8 Å². The molecule has 2 unspecified atom stereocenters. The number of nitrogens with one attached hydrogen (secondary N) is 6. The average Bonchev–Trinajstić information content (AvgIpc) is 3.42. The number of quaternary nitrogens is 2. The van der Waals surface area contributed by atoms with Gasteiger partial charge in [-0.3, -0.25) is 0 Å². The van der Waals surface area contributed by atoms with Gasteiger partial charge in [0.1, 0.15) is 13.1 Å². The normalized spacial score (nSPS) is 35.0. The summed E-state index contributed by atoms with van der Waals surface area (Å²) in [6.07, 6.45) is 1.81. The molecule has 0 spiro atoms. The molecule has 0 aliphatic carbocycles. The molecule has 0 aromatic rings. The molecule has 148 valence electrons. The minimum Gasteiger partial charge on any atom is -0.322 e. The van der Waals surface area contributed by atoms with Crippen molar-refractivity contribution in [3.63, 3.8) is 0 Å². The molecular weight excluding hydrogens is 344 g/mol. The minimum atomic E-state index is -0.512. The third-order valence-corrected chi connectivity index (χ3v) is 6.65. The maximum atomic E-state index is 8.92. The molecule has 0 aromatic heterocycles. The van der Waals surface area contributed by atoms with Crippen molar-refractivity contribution in [1.29, 1.82) is 10.8 Å². The third-order valence-electron chi connectivity index (χ3n) is 6.65. The van der Waals surface area contributed by atoms with E-state index in [9.17, 15) is 0 Å². The second kappa shape index (κ2) is 6.45. The van der Waals surface area contributed by atoms with Crippen LogP contribution in [-0.2, 0) is 0 Å². The average molecular weight is 377 g/mol. The molecule has 0 saturated carbocycles. The predicted octanol–water partition coefficient (Wildman–Crippen LogP) is -0.869. The first-order valence-electron chi connectivity index (χ1n) is 10.0. The quantitative estimate of drug-likeness (QED) is 0.357. The van der Waals surface area contributed by atoms with Crippen molar-refractivity contribution in [2.75, 3.05) is 52.4 Å². The summed E-state index contributed by atoms with van der Waals surface area (Å²) in [5.74, 6) is 2.65. The highest BCUT2D eigenvalue weighted by molar-refractivity contribution is 5.92. The van der Waals surface area contributed by atoms with E-state index in [0.717, 1.165) is 77.1 Å². The smallest absolute Gasteiger partial charge is 0.310 e. The summed E-state index contributed by atoms with van der Waals surface area (Å²) >= 11 is 0. The van der Waals surface area contributed by atoms with Gasteiger partial charge in [0, 0.05) is 20.0 Å². The molecule has 6 N–H and O–H groups in total. The van der Waals surface area contributed by atoms with Crippen molar-refractivity contribution < 1.29 is 8.97 Å². The summed E-state index contributed by atoms with van der Waals surface area (Å²) < 4.78 is 0.650. The lowest BCUT2D eigenvalue weighted by Gasteiger charge is -2.53. The zero-order chi connectivity index (χ0) is 19.1.